The van der Waals surface area contributed by atoms with Crippen molar-refractivity contribution >= 4 is 76.4 Å². The first-order valence-corrected chi connectivity index (χ1v) is 20.3. The number of aryl methyl sites for hydroxylation is 2. The van der Waals surface area contributed by atoms with Crippen molar-refractivity contribution < 1.29 is 0 Å². The highest BCUT2D eigenvalue weighted by Crippen LogP contribution is 2.48. The fourth-order valence-corrected chi connectivity index (χ4v) is 9.25. The number of fused-ring (bicyclic) bond motifs is 5. The SMILES string of the molecule is Cc1ccc(N(c2ccc(-c3ccccc3)cc2)c2ccc3c(c2)sc2cc(N(c4ccc(C)cc4)c4ccc(-c5ccccc5)cc4)c4ccccc4c23)cc1. The summed E-state index contributed by atoms with van der Waals surface area (Å²) in [4.78, 5) is 4.80. The van der Waals surface area contributed by atoms with Crippen LogP contribution in [0, 0.1) is 13.8 Å². The average molecular weight is 749 g/mol. The molecule has 272 valence electrons. The minimum absolute atomic E-state index is 1.12. The lowest BCUT2D eigenvalue weighted by Crippen LogP contribution is -2.10. The molecule has 0 atom stereocenters. The Morgan fingerprint density at radius 3 is 1.26 bits per heavy atom. The zero-order valence-corrected chi connectivity index (χ0v) is 32.7. The summed E-state index contributed by atoms with van der Waals surface area (Å²) < 4.78 is 2.53. The molecule has 1 heterocycles. The number of rotatable bonds is 8. The van der Waals surface area contributed by atoms with Crippen molar-refractivity contribution in [2.75, 3.05) is 9.80 Å². The van der Waals surface area contributed by atoms with Crippen LogP contribution in [-0.4, -0.2) is 0 Å². The molecule has 10 aromatic rings. The molecule has 0 saturated carbocycles. The maximum Gasteiger partial charge on any atom is 0.0554 e. The zero-order valence-electron chi connectivity index (χ0n) is 31.9. The smallest absolute Gasteiger partial charge is 0.0554 e. The second-order valence-corrected chi connectivity index (χ2v) is 15.8. The molecule has 57 heavy (non-hydrogen) atoms. The van der Waals surface area contributed by atoms with Gasteiger partial charge in [-0.05, 0) is 108 Å². The lowest BCUT2D eigenvalue weighted by molar-refractivity contribution is 1.28. The number of anilines is 6. The lowest BCUT2D eigenvalue weighted by atomic mass is 10.00. The molecule has 1 aromatic heterocycles. The van der Waals surface area contributed by atoms with Gasteiger partial charge in [0.05, 0.1) is 5.69 Å². The summed E-state index contributed by atoms with van der Waals surface area (Å²) in [6.45, 7) is 4.29. The summed E-state index contributed by atoms with van der Waals surface area (Å²) in [5.74, 6) is 0. The van der Waals surface area contributed by atoms with Crippen LogP contribution >= 0.6 is 11.3 Å². The summed E-state index contributed by atoms with van der Waals surface area (Å²) in [5, 5.41) is 5.06. The predicted octanol–water partition coefficient (Wildman–Crippen LogP) is 16.1. The Morgan fingerprint density at radius 1 is 0.316 bits per heavy atom. The summed E-state index contributed by atoms with van der Waals surface area (Å²) in [6.07, 6.45) is 0. The van der Waals surface area contributed by atoms with E-state index in [0.717, 1.165) is 28.4 Å². The lowest BCUT2D eigenvalue weighted by Gasteiger charge is -2.27. The van der Waals surface area contributed by atoms with Crippen LogP contribution in [0.5, 0.6) is 0 Å². The minimum Gasteiger partial charge on any atom is -0.310 e. The monoisotopic (exact) mass is 748 g/mol. The Balaban J connectivity index is 1.12. The Labute approximate surface area is 338 Å². The van der Waals surface area contributed by atoms with Gasteiger partial charge < -0.3 is 9.80 Å². The highest BCUT2D eigenvalue weighted by molar-refractivity contribution is 7.26. The van der Waals surface area contributed by atoms with Gasteiger partial charge in [-0.1, -0.05) is 151 Å². The largest absolute Gasteiger partial charge is 0.310 e. The van der Waals surface area contributed by atoms with Crippen LogP contribution in [0.1, 0.15) is 11.1 Å². The van der Waals surface area contributed by atoms with Crippen LogP contribution in [0.3, 0.4) is 0 Å². The molecule has 0 amide bonds. The first-order chi connectivity index (χ1) is 28.1. The van der Waals surface area contributed by atoms with Crippen molar-refractivity contribution in [3.8, 4) is 22.3 Å². The van der Waals surface area contributed by atoms with E-state index < -0.39 is 0 Å². The Kier molecular flexibility index (Phi) is 8.86. The number of thiophene rings is 1. The van der Waals surface area contributed by atoms with Gasteiger partial charge in [0.2, 0.25) is 0 Å². The highest BCUT2D eigenvalue weighted by atomic mass is 32.1. The molecule has 10 rings (SSSR count). The maximum absolute atomic E-state index is 2.42. The molecule has 3 heteroatoms. The molecule has 0 bridgehead atoms. The molecule has 0 aliphatic rings. The van der Waals surface area contributed by atoms with Gasteiger partial charge in [-0.3, -0.25) is 0 Å². The quantitative estimate of drug-likeness (QED) is 0.153. The van der Waals surface area contributed by atoms with Gasteiger partial charge >= 0.3 is 0 Å². The second kappa shape index (κ2) is 14.6. The Morgan fingerprint density at radius 2 is 0.737 bits per heavy atom. The molecule has 0 unspecified atom stereocenters. The van der Waals surface area contributed by atoms with Crippen LogP contribution in [0.25, 0.3) is 53.2 Å². The molecule has 2 nitrogen and oxygen atoms in total. The van der Waals surface area contributed by atoms with Gasteiger partial charge in [-0.2, -0.15) is 0 Å². The molecule has 9 aromatic carbocycles. The summed E-state index contributed by atoms with van der Waals surface area (Å²) in [7, 11) is 0. The van der Waals surface area contributed by atoms with Crippen molar-refractivity contribution in [3.05, 3.63) is 217 Å². The molecule has 0 radical (unpaired) electrons. The van der Waals surface area contributed by atoms with Gasteiger partial charge in [0.15, 0.2) is 0 Å². The Hall–Kier alpha value is -6.94. The van der Waals surface area contributed by atoms with E-state index in [1.165, 1.54) is 70.0 Å². The molecule has 0 saturated heterocycles. The van der Waals surface area contributed by atoms with E-state index in [1.807, 2.05) is 11.3 Å². The fourth-order valence-electron chi connectivity index (χ4n) is 8.06. The molecule has 0 N–H and O–H groups in total. The third-order valence-corrected chi connectivity index (χ3v) is 12.1. The van der Waals surface area contributed by atoms with E-state index in [4.69, 9.17) is 0 Å². The molecule has 0 fully saturated rings. The van der Waals surface area contributed by atoms with E-state index in [0.29, 0.717) is 0 Å². The van der Waals surface area contributed by atoms with Gasteiger partial charge in [-0.25, -0.2) is 0 Å². The van der Waals surface area contributed by atoms with Crippen molar-refractivity contribution in [3.63, 3.8) is 0 Å². The first-order valence-electron chi connectivity index (χ1n) is 19.5. The molecule has 0 aliphatic carbocycles. The van der Waals surface area contributed by atoms with Crippen molar-refractivity contribution in [2.45, 2.75) is 13.8 Å². The first kappa shape index (κ1) is 34.5. The van der Waals surface area contributed by atoms with Gasteiger partial charge in [0.25, 0.3) is 0 Å². The molecular formula is C54H40N2S. The van der Waals surface area contributed by atoms with Gasteiger partial charge in [0, 0.05) is 54.0 Å². The van der Waals surface area contributed by atoms with E-state index in [1.54, 1.807) is 0 Å². The predicted molar refractivity (Wildman–Crippen MR) is 247 cm³/mol. The molecule has 0 spiro atoms. The van der Waals surface area contributed by atoms with Crippen LogP contribution in [-0.2, 0) is 0 Å². The summed E-state index contributed by atoms with van der Waals surface area (Å²) in [6, 6.07) is 75.1. The number of hydrogen-bond acceptors (Lipinski definition) is 3. The van der Waals surface area contributed by atoms with Gasteiger partial charge in [0.1, 0.15) is 0 Å². The third-order valence-electron chi connectivity index (χ3n) is 11.0. The van der Waals surface area contributed by atoms with E-state index in [9.17, 15) is 0 Å². The fraction of sp³-hybridized carbons (Fsp3) is 0.0370. The van der Waals surface area contributed by atoms with E-state index >= 15 is 0 Å². The Bertz CT molecular complexity index is 2990. The third kappa shape index (κ3) is 6.52. The molecule has 0 aliphatic heterocycles. The number of benzene rings is 9. The minimum atomic E-state index is 1.12. The topological polar surface area (TPSA) is 6.48 Å². The van der Waals surface area contributed by atoms with E-state index in [-0.39, 0.29) is 0 Å². The van der Waals surface area contributed by atoms with Crippen LogP contribution < -0.4 is 9.80 Å². The van der Waals surface area contributed by atoms with Crippen molar-refractivity contribution in [2.24, 2.45) is 0 Å². The van der Waals surface area contributed by atoms with Gasteiger partial charge in [-0.15, -0.1) is 11.3 Å². The van der Waals surface area contributed by atoms with E-state index in [2.05, 4.69) is 230 Å². The second-order valence-electron chi connectivity index (χ2n) is 14.8. The summed E-state index contributed by atoms with van der Waals surface area (Å²) in [5.41, 5.74) is 14.1. The van der Waals surface area contributed by atoms with Crippen LogP contribution in [0.15, 0.2) is 206 Å². The maximum atomic E-state index is 2.42. The normalized spacial score (nSPS) is 11.3. The summed E-state index contributed by atoms with van der Waals surface area (Å²) >= 11 is 1.87. The standard InChI is InChI=1S/C54H40N2S/c1-37-17-25-43(26-18-37)55(44-29-21-41(22-30-44)39-11-5-3-6-12-39)47-33-34-50-52(35-47)57-53-36-51(48-15-9-10-16-49(48)54(50)53)56(45-27-19-38(2)20-28-45)46-31-23-42(24-32-46)40-13-7-4-8-14-40/h3-36H,1-2H3. The highest BCUT2D eigenvalue weighted by Gasteiger charge is 2.21. The number of nitrogens with zero attached hydrogens (tertiary/aromatic N) is 2. The van der Waals surface area contributed by atoms with Crippen LogP contribution in [0.2, 0.25) is 0 Å². The van der Waals surface area contributed by atoms with Crippen molar-refractivity contribution in [1.29, 1.82) is 0 Å². The average Bonchev–Trinajstić information content (AvgIpc) is 3.64. The zero-order chi connectivity index (χ0) is 38.3. The van der Waals surface area contributed by atoms with Crippen molar-refractivity contribution in [1.82, 2.24) is 0 Å². The number of hydrogen-bond donors (Lipinski definition) is 0. The molecular weight excluding hydrogens is 709 g/mol. The van der Waals surface area contributed by atoms with Crippen LogP contribution in [0.4, 0.5) is 34.1 Å².